The van der Waals surface area contributed by atoms with Gasteiger partial charge in [0.2, 0.25) is 0 Å². The number of nitrogens with one attached hydrogen (secondary N) is 1. The number of anilines is 1. The van der Waals surface area contributed by atoms with Crippen molar-refractivity contribution in [2.24, 2.45) is 0 Å². The number of non-ortho nitro benzene ring substituents is 1. The number of hydrogen-bond donors (Lipinski definition) is 1. The molecular weight excluding hydrogens is 359 g/mol. The number of nitrogens with zero attached hydrogens (tertiary/aromatic N) is 3. The van der Waals surface area contributed by atoms with Gasteiger partial charge in [0.15, 0.2) is 5.82 Å². The van der Waals surface area contributed by atoms with Gasteiger partial charge in [-0.2, -0.15) is 0 Å². The molecule has 1 aromatic heterocycles. The van der Waals surface area contributed by atoms with E-state index in [1.54, 1.807) is 18.3 Å². The van der Waals surface area contributed by atoms with Gasteiger partial charge in [-0.05, 0) is 41.6 Å². The summed E-state index contributed by atoms with van der Waals surface area (Å²) in [6.07, 6.45) is 1.72. The molecule has 0 unspecified atom stereocenters. The summed E-state index contributed by atoms with van der Waals surface area (Å²) in [4.78, 5) is 18.8. The van der Waals surface area contributed by atoms with Crippen LogP contribution in [-0.2, 0) is 0 Å². The molecule has 0 radical (unpaired) electrons. The maximum absolute atomic E-state index is 10.6. The van der Waals surface area contributed by atoms with Crippen LogP contribution in [0, 0.1) is 13.7 Å². The second-order valence-corrected chi connectivity index (χ2v) is 4.89. The molecule has 1 N–H and O–H groups in total. The van der Waals surface area contributed by atoms with Crippen LogP contribution < -0.4 is 5.32 Å². The molecule has 7 heteroatoms. The minimum absolute atomic E-state index is 0.0566. The zero-order valence-corrected chi connectivity index (χ0v) is 12.3. The summed E-state index contributed by atoms with van der Waals surface area (Å²) in [6.45, 7) is 2.76. The molecule has 6 nitrogen and oxygen atoms in total. The normalized spacial score (nSPS) is 10.2. The molecule has 0 aliphatic heterocycles. The molecule has 0 spiro atoms. The molecule has 0 amide bonds. The van der Waals surface area contributed by atoms with Crippen LogP contribution in [-0.4, -0.2) is 21.4 Å². The molecule has 1 heterocycles. The molecule has 0 atom stereocenters. The first kappa shape index (κ1) is 13.7. The first-order chi connectivity index (χ1) is 9.11. The highest BCUT2D eigenvalue weighted by molar-refractivity contribution is 14.1. The molecule has 2 rings (SSSR count). The first-order valence-corrected chi connectivity index (χ1v) is 6.71. The van der Waals surface area contributed by atoms with Gasteiger partial charge in [-0.1, -0.05) is 0 Å². The van der Waals surface area contributed by atoms with Crippen LogP contribution in [0.1, 0.15) is 6.92 Å². The van der Waals surface area contributed by atoms with Gasteiger partial charge in [0, 0.05) is 30.4 Å². The van der Waals surface area contributed by atoms with Crippen LogP contribution in [0.4, 0.5) is 11.5 Å². The first-order valence-electron chi connectivity index (χ1n) is 5.63. The fraction of sp³-hybridized carbons (Fsp3) is 0.167. The van der Waals surface area contributed by atoms with E-state index in [0.717, 1.165) is 21.5 Å². The number of halogens is 1. The van der Waals surface area contributed by atoms with Gasteiger partial charge in [0.05, 0.1) is 8.49 Å². The molecule has 0 aliphatic rings. The SMILES string of the molecule is CCNc1nc(-c2ccc([N+](=O)[O-])cc2)ncc1I. The Balaban J connectivity index is 2.35. The van der Waals surface area contributed by atoms with Crippen LogP contribution in [0.15, 0.2) is 30.5 Å². The lowest BCUT2D eigenvalue weighted by molar-refractivity contribution is -0.384. The van der Waals surface area contributed by atoms with Crippen molar-refractivity contribution in [2.75, 3.05) is 11.9 Å². The van der Waals surface area contributed by atoms with E-state index in [0.29, 0.717) is 5.82 Å². The van der Waals surface area contributed by atoms with E-state index in [1.807, 2.05) is 6.92 Å². The van der Waals surface area contributed by atoms with Crippen LogP contribution in [0.2, 0.25) is 0 Å². The highest BCUT2D eigenvalue weighted by atomic mass is 127. The number of nitro groups is 1. The highest BCUT2D eigenvalue weighted by Gasteiger charge is 2.09. The predicted octanol–water partition coefficient (Wildman–Crippen LogP) is 3.09. The highest BCUT2D eigenvalue weighted by Crippen LogP contribution is 2.22. The Morgan fingerprint density at radius 1 is 1.37 bits per heavy atom. The lowest BCUT2D eigenvalue weighted by Crippen LogP contribution is -2.03. The standard InChI is InChI=1S/C12H11IN4O2/c1-2-14-12-10(13)7-15-11(16-12)8-3-5-9(6-4-8)17(18)19/h3-7H,2H2,1H3,(H,14,15,16). The average molecular weight is 370 g/mol. The van der Waals surface area contributed by atoms with Crippen molar-refractivity contribution >= 4 is 34.1 Å². The maximum Gasteiger partial charge on any atom is 0.269 e. The third kappa shape index (κ3) is 3.16. The van der Waals surface area contributed by atoms with Crippen molar-refractivity contribution in [3.05, 3.63) is 44.1 Å². The van der Waals surface area contributed by atoms with E-state index >= 15 is 0 Å². The number of benzene rings is 1. The predicted molar refractivity (Wildman–Crippen MR) is 81.0 cm³/mol. The summed E-state index contributed by atoms with van der Waals surface area (Å²) >= 11 is 2.16. The zero-order chi connectivity index (χ0) is 13.8. The van der Waals surface area contributed by atoms with Gasteiger partial charge in [-0.25, -0.2) is 9.97 Å². The molecule has 19 heavy (non-hydrogen) atoms. The quantitative estimate of drug-likeness (QED) is 0.508. The molecule has 0 fully saturated rings. The monoisotopic (exact) mass is 370 g/mol. The van der Waals surface area contributed by atoms with Crippen LogP contribution in [0.25, 0.3) is 11.4 Å². The Bertz CT molecular complexity index is 601. The number of rotatable bonds is 4. The summed E-state index contributed by atoms with van der Waals surface area (Å²) in [6, 6.07) is 6.19. The van der Waals surface area contributed by atoms with E-state index in [4.69, 9.17) is 0 Å². The summed E-state index contributed by atoms with van der Waals surface area (Å²) in [5.41, 5.74) is 0.808. The molecule has 1 aromatic carbocycles. The lowest BCUT2D eigenvalue weighted by atomic mass is 10.2. The molecule has 0 saturated carbocycles. The maximum atomic E-state index is 10.6. The largest absolute Gasteiger partial charge is 0.369 e. The Kier molecular flexibility index (Phi) is 4.25. The van der Waals surface area contributed by atoms with Gasteiger partial charge in [0.25, 0.3) is 5.69 Å². The van der Waals surface area contributed by atoms with Crippen LogP contribution in [0.5, 0.6) is 0 Å². The summed E-state index contributed by atoms with van der Waals surface area (Å²) in [7, 11) is 0. The Morgan fingerprint density at radius 3 is 2.63 bits per heavy atom. The van der Waals surface area contributed by atoms with E-state index < -0.39 is 4.92 Å². The number of hydrogen-bond acceptors (Lipinski definition) is 5. The van der Waals surface area contributed by atoms with Gasteiger partial charge in [0.1, 0.15) is 5.82 Å². The molecule has 0 bridgehead atoms. The Morgan fingerprint density at radius 2 is 2.05 bits per heavy atom. The van der Waals surface area contributed by atoms with Crippen molar-refractivity contribution in [1.82, 2.24) is 9.97 Å². The third-order valence-electron chi connectivity index (χ3n) is 2.42. The van der Waals surface area contributed by atoms with Gasteiger partial charge >= 0.3 is 0 Å². The van der Waals surface area contributed by atoms with E-state index in [1.165, 1.54) is 12.1 Å². The van der Waals surface area contributed by atoms with E-state index in [-0.39, 0.29) is 5.69 Å². The van der Waals surface area contributed by atoms with Crippen molar-refractivity contribution < 1.29 is 4.92 Å². The fourth-order valence-corrected chi connectivity index (χ4v) is 1.98. The van der Waals surface area contributed by atoms with Crippen LogP contribution >= 0.6 is 22.6 Å². The Hall–Kier alpha value is -1.77. The fourth-order valence-electron chi connectivity index (χ4n) is 1.53. The van der Waals surface area contributed by atoms with Crippen molar-refractivity contribution in [3.63, 3.8) is 0 Å². The van der Waals surface area contributed by atoms with E-state index in [2.05, 4.69) is 37.9 Å². The lowest BCUT2D eigenvalue weighted by Gasteiger charge is -2.07. The second kappa shape index (κ2) is 5.91. The number of aromatic nitrogens is 2. The molecule has 2 aromatic rings. The number of nitro benzene ring substituents is 1. The van der Waals surface area contributed by atoms with Gasteiger partial charge in [-0.15, -0.1) is 0 Å². The van der Waals surface area contributed by atoms with Crippen molar-refractivity contribution in [2.45, 2.75) is 6.92 Å². The molecule has 0 saturated heterocycles. The molecular formula is C12H11IN4O2. The summed E-state index contributed by atoms with van der Waals surface area (Å²) < 4.78 is 0.935. The van der Waals surface area contributed by atoms with Crippen molar-refractivity contribution in [3.8, 4) is 11.4 Å². The zero-order valence-electron chi connectivity index (χ0n) is 10.1. The Labute approximate surface area is 123 Å². The smallest absolute Gasteiger partial charge is 0.269 e. The van der Waals surface area contributed by atoms with Gasteiger partial charge < -0.3 is 5.32 Å². The third-order valence-corrected chi connectivity index (χ3v) is 3.21. The van der Waals surface area contributed by atoms with E-state index in [9.17, 15) is 10.1 Å². The van der Waals surface area contributed by atoms with Gasteiger partial charge in [-0.3, -0.25) is 10.1 Å². The minimum atomic E-state index is -0.428. The van der Waals surface area contributed by atoms with Crippen LogP contribution in [0.3, 0.4) is 0 Å². The average Bonchev–Trinajstić information content (AvgIpc) is 2.41. The van der Waals surface area contributed by atoms with Crippen molar-refractivity contribution in [1.29, 1.82) is 0 Å². The molecule has 98 valence electrons. The summed E-state index contributed by atoms with van der Waals surface area (Å²) in [5.74, 6) is 1.32. The topological polar surface area (TPSA) is 81.0 Å². The molecule has 0 aliphatic carbocycles. The second-order valence-electron chi connectivity index (χ2n) is 3.72. The summed E-state index contributed by atoms with van der Waals surface area (Å²) in [5, 5.41) is 13.7. The minimum Gasteiger partial charge on any atom is -0.369 e.